The second-order valence-electron chi connectivity index (χ2n) is 5.32. The zero-order valence-electron chi connectivity index (χ0n) is 11.2. The summed E-state index contributed by atoms with van der Waals surface area (Å²) in [4.78, 5) is 10.8. The predicted octanol–water partition coefficient (Wildman–Crippen LogP) is 3.26. The zero-order chi connectivity index (χ0) is 15.9. The van der Waals surface area contributed by atoms with Crippen molar-refractivity contribution < 1.29 is 27.8 Å². The molecule has 0 spiro atoms. The minimum Gasteiger partial charge on any atom is -0.495 e. The maximum absolute atomic E-state index is 12.9. The molecule has 1 unspecified atom stereocenters. The van der Waals surface area contributed by atoms with Gasteiger partial charge in [0.05, 0.1) is 12.1 Å². The number of carbonyl (C=O) groups is 1. The van der Waals surface area contributed by atoms with E-state index in [4.69, 9.17) is 16.3 Å². The molecule has 1 aliphatic rings. The lowest BCUT2D eigenvalue weighted by molar-refractivity contribution is -0.248. The summed E-state index contributed by atoms with van der Waals surface area (Å²) in [5.41, 5.74) is -3.82. The number of hydrogen-bond donors (Lipinski definition) is 1. The normalized spacial score (nSPS) is 19.7. The van der Waals surface area contributed by atoms with Gasteiger partial charge in [-0.3, -0.25) is 4.79 Å². The van der Waals surface area contributed by atoms with Gasteiger partial charge in [0, 0.05) is 17.4 Å². The lowest BCUT2D eigenvalue weighted by Gasteiger charge is -2.30. The summed E-state index contributed by atoms with van der Waals surface area (Å²) in [6.45, 7) is 0. The van der Waals surface area contributed by atoms with Crippen LogP contribution < -0.4 is 4.74 Å². The molecule has 0 aromatic heterocycles. The number of aliphatic hydroxyl groups is 1. The molecule has 0 heterocycles. The van der Waals surface area contributed by atoms with Crippen molar-refractivity contribution in [3.63, 3.8) is 0 Å². The molecule has 21 heavy (non-hydrogen) atoms. The largest absolute Gasteiger partial charge is 0.495 e. The highest BCUT2D eigenvalue weighted by Crippen LogP contribution is 2.58. The summed E-state index contributed by atoms with van der Waals surface area (Å²) < 4.78 is 43.9. The van der Waals surface area contributed by atoms with E-state index in [0.717, 1.165) is 0 Å². The Balaban J connectivity index is 2.41. The van der Waals surface area contributed by atoms with Crippen LogP contribution in [0.4, 0.5) is 13.2 Å². The number of rotatable bonds is 5. The molecular weight excluding hydrogens is 309 g/mol. The molecule has 0 amide bonds. The number of alkyl halides is 3. The van der Waals surface area contributed by atoms with Gasteiger partial charge in [-0.05, 0) is 18.9 Å². The number of para-hydroxylation sites is 1. The number of carbonyl (C=O) groups excluding carboxylic acids is 1. The van der Waals surface area contributed by atoms with E-state index in [-0.39, 0.29) is 10.8 Å². The second-order valence-corrected chi connectivity index (χ2v) is 5.72. The van der Waals surface area contributed by atoms with Crippen LogP contribution in [0, 0.1) is 0 Å². The molecule has 0 saturated heterocycles. The Morgan fingerprint density at radius 3 is 2.48 bits per heavy atom. The van der Waals surface area contributed by atoms with Crippen LogP contribution in [0.5, 0.6) is 5.75 Å². The molecule has 1 aliphatic carbocycles. The van der Waals surface area contributed by atoms with Crippen molar-refractivity contribution in [1.82, 2.24) is 0 Å². The van der Waals surface area contributed by atoms with E-state index in [0.29, 0.717) is 18.4 Å². The Bertz CT molecular complexity index is 555. The summed E-state index contributed by atoms with van der Waals surface area (Å²) in [6.07, 6.45) is -5.34. The number of hydrogen-bond acceptors (Lipinski definition) is 3. The number of benzene rings is 1. The SMILES string of the molecule is COc1c(Cl)cccc1C1(CC(O)(C=O)C(F)(F)F)CC1. The van der Waals surface area contributed by atoms with Crippen LogP contribution in [0.1, 0.15) is 24.8 Å². The topological polar surface area (TPSA) is 46.5 Å². The van der Waals surface area contributed by atoms with Gasteiger partial charge in [-0.2, -0.15) is 13.2 Å². The van der Waals surface area contributed by atoms with E-state index < -0.39 is 29.9 Å². The van der Waals surface area contributed by atoms with Gasteiger partial charge in [0.15, 0.2) is 6.29 Å². The van der Waals surface area contributed by atoms with Crippen molar-refractivity contribution in [3.8, 4) is 5.75 Å². The first kappa shape index (κ1) is 16.1. The summed E-state index contributed by atoms with van der Waals surface area (Å²) in [5, 5.41) is 9.94. The Kier molecular flexibility index (Phi) is 3.97. The standard InChI is InChI=1S/C14H14ClF3O3/c1-21-11-9(3-2-4-10(11)15)12(5-6-12)7-13(20,8-19)14(16,17)18/h2-4,8,20H,5-7H2,1H3. The number of halogens is 4. The Morgan fingerprint density at radius 2 is 2.05 bits per heavy atom. The first-order chi connectivity index (χ1) is 9.69. The molecule has 0 radical (unpaired) electrons. The van der Waals surface area contributed by atoms with Gasteiger partial charge in [-0.25, -0.2) is 0 Å². The Morgan fingerprint density at radius 1 is 1.43 bits per heavy atom. The van der Waals surface area contributed by atoms with Gasteiger partial charge >= 0.3 is 6.18 Å². The third-order valence-corrected chi connectivity index (χ3v) is 4.19. The molecule has 1 aromatic carbocycles. The number of aldehydes is 1. The van der Waals surface area contributed by atoms with E-state index in [1.807, 2.05) is 0 Å². The van der Waals surface area contributed by atoms with E-state index in [2.05, 4.69) is 0 Å². The maximum Gasteiger partial charge on any atom is 0.424 e. The maximum atomic E-state index is 12.9. The lowest BCUT2D eigenvalue weighted by atomic mass is 9.83. The average molecular weight is 323 g/mol. The first-order valence-corrected chi connectivity index (χ1v) is 6.65. The van der Waals surface area contributed by atoms with Crippen molar-refractivity contribution in [2.75, 3.05) is 7.11 Å². The third-order valence-electron chi connectivity index (χ3n) is 3.89. The van der Waals surface area contributed by atoms with Crippen LogP contribution in [0.25, 0.3) is 0 Å². The van der Waals surface area contributed by atoms with Crippen LogP contribution in [0.3, 0.4) is 0 Å². The van der Waals surface area contributed by atoms with E-state index >= 15 is 0 Å². The fraction of sp³-hybridized carbons (Fsp3) is 0.500. The monoisotopic (exact) mass is 322 g/mol. The fourth-order valence-corrected chi connectivity index (χ4v) is 2.80. The van der Waals surface area contributed by atoms with Gasteiger partial charge in [0.25, 0.3) is 0 Å². The van der Waals surface area contributed by atoms with Gasteiger partial charge < -0.3 is 9.84 Å². The number of methoxy groups -OCH3 is 1. The fourth-order valence-electron chi connectivity index (χ4n) is 2.55. The molecule has 116 valence electrons. The summed E-state index contributed by atoms with van der Waals surface area (Å²) in [5.74, 6) is 0.284. The van der Waals surface area contributed by atoms with Crippen molar-refractivity contribution in [3.05, 3.63) is 28.8 Å². The predicted molar refractivity (Wildman–Crippen MR) is 70.6 cm³/mol. The third kappa shape index (κ3) is 2.74. The minimum absolute atomic E-state index is 0.280. The average Bonchev–Trinajstić information content (AvgIpc) is 3.17. The number of ether oxygens (including phenoxy) is 1. The van der Waals surface area contributed by atoms with E-state index in [9.17, 15) is 23.1 Å². The molecule has 3 nitrogen and oxygen atoms in total. The molecule has 1 atom stereocenters. The molecule has 0 aliphatic heterocycles. The molecule has 1 fully saturated rings. The lowest BCUT2D eigenvalue weighted by Crippen LogP contribution is -2.49. The molecule has 1 aromatic rings. The van der Waals surface area contributed by atoms with Crippen molar-refractivity contribution in [2.45, 2.75) is 36.5 Å². The van der Waals surface area contributed by atoms with Crippen LogP contribution in [-0.2, 0) is 10.2 Å². The van der Waals surface area contributed by atoms with Gasteiger partial charge in [0.1, 0.15) is 5.75 Å². The highest BCUT2D eigenvalue weighted by Gasteiger charge is 2.61. The van der Waals surface area contributed by atoms with Crippen LogP contribution >= 0.6 is 11.6 Å². The Labute approximate surface area is 124 Å². The second kappa shape index (κ2) is 5.18. The van der Waals surface area contributed by atoms with Crippen molar-refractivity contribution in [2.24, 2.45) is 0 Å². The van der Waals surface area contributed by atoms with Gasteiger partial charge in [-0.15, -0.1) is 0 Å². The zero-order valence-corrected chi connectivity index (χ0v) is 12.0. The molecule has 7 heteroatoms. The van der Waals surface area contributed by atoms with Crippen LogP contribution in [0.2, 0.25) is 5.02 Å². The van der Waals surface area contributed by atoms with Crippen molar-refractivity contribution in [1.29, 1.82) is 0 Å². The molecule has 0 bridgehead atoms. The van der Waals surface area contributed by atoms with Crippen LogP contribution in [0.15, 0.2) is 18.2 Å². The molecule has 2 rings (SSSR count). The summed E-state index contributed by atoms with van der Waals surface area (Å²) >= 11 is 5.98. The molecular formula is C14H14ClF3O3. The summed E-state index contributed by atoms with van der Waals surface area (Å²) in [6, 6.07) is 4.78. The quantitative estimate of drug-likeness (QED) is 0.846. The highest BCUT2D eigenvalue weighted by molar-refractivity contribution is 6.32. The highest BCUT2D eigenvalue weighted by atomic mass is 35.5. The summed E-state index contributed by atoms with van der Waals surface area (Å²) in [7, 11) is 1.37. The van der Waals surface area contributed by atoms with Gasteiger partial charge in [0.2, 0.25) is 5.60 Å². The van der Waals surface area contributed by atoms with E-state index in [1.165, 1.54) is 7.11 Å². The first-order valence-electron chi connectivity index (χ1n) is 6.27. The van der Waals surface area contributed by atoms with Crippen LogP contribution in [-0.4, -0.2) is 30.3 Å². The van der Waals surface area contributed by atoms with E-state index in [1.54, 1.807) is 18.2 Å². The molecule has 1 saturated carbocycles. The molecule has 1 N–H and O–H groups in total. The van der Waals surface area contributed by atoms with Crippen molar-refractivity contribution >= 4 is 17.9 Å². The minimum atomic E-state index is -5.02. The van der Waals surface area contributed by atoms with Gasteiger partial charge in [-0.1, -0.05) is 23.7 Å². The Hall–Kier alpha value is -1.27. The smallest absolute Gasteiger partial charge is 0.424 e.